The van der Waals surface area contributed by atoms with Gasteiger partial charge in [0.05, 0.1) is 19.3 Å². The standard InChI is InChI=1S/C29H49NO5/c1-6-19-23-15-18(31)11-13-29(23,4)22-12-14-28(3)20(8-9-21(28)26(22)27(19)34)17(2)7-10-24(32)30-16-25(33)35-5/h17-23,26-27,31,34H,6-16H2,1-5H3,(H,30,32)/t17-,18-,19-,20?,21+,22+,23?,26?,27-,28?,29?/m1/s1. The summed E-state index contributed by atoms with van der Waals surface area (Å²) in [7, 11) is 1.33. The first-order chi connectivity index (χ1) is 16.6. The number of esters is 1. The number of amides is 1. The summed E-state index contributed by atoms with van der Waals surface area (Å²) >= 11 is 0. The number of nitrogens with one attached hydrogen (secondary N) is 1. The van der Waals surface area contributed by atoms with E-state index in [-0.39, 0.29) is 41.4 Å². The number of carbonyl (C=O) groups is 2. The number of rotatable bonds is 7. The number of carbonyl (C=O) groups excluding carboxylic acids is 2. The van der Waals surface area contributed by atoms with Crippen molar-refractivity contribution in [3.63, 3.8) is 0 Å². The Morgan fingerprint density at radius 3 is 2.40 bits per heavy atom. The number of aliphatic hydroxyl groups is 2. The van der Waals surface area contributed by atoms with E-state index < -0.39 is 5.97 Å². The second-order valence-corrected chi connectivity index (χ2v) is 13.0. The summed E-state index contributed by atoms with van der Waals surface area (Å²) < 4.78 is 4.61. The quantitative estimate of drug-likeness (QED) is 0.461. The molecule has 6 nitrogen and oxygen atoms in total. The fraction of sp³-hybridized carbons (Fsp3) is 0.931. The molecule has 0 radical (unpaired) electrons. The van der Waals surface area contributed by atoms with Crippen LogP contribution in [0.1, 0.15) is 91.9 Å². The highest BCUT2D eigenvalue weighted by Crippen LogP contribution is 2.69. The third-order valence-corrected chi connectivity index (χ3v) is 11.6. The molecule has 0 bridgehead atoms. The van der Waals surface area contributed by atoms with Crippen molar-refractivity contribution in [3.05, 3.63) is 0 Å². The van der Waals surface area contributed by atoms with Crippen molar-refractivity contribution < 1.29 is 24.5 Å². The van der Waals surface area contributed by atoms with Crippen LogP contribution in [0.3, 0.4) is 0 Å². The van der Waals surface area contributed by atoms with E-state index in [0.29, 0.717) is 41.9 Å². The predicted molar refractivity (Wildman–Crippen MR) is 135 cm³/mol. The molecule has 4 saturated carbocycles. The topological polar surface area (TPSA) is 95.9 Å². The van der Waals surface area contributed by atoms with Crippen molar-refractivity contribution in [1.29, 1.82) is 0 Å². The van der Waals surface area contributed by atoms with Gasteiger partial charge in [-0.1, -0.05) is 34.1 Å². The second-order valence-electron chi connectivity index (χ2n) is 13.0. The summed E-state index contributed by atoms with van der Waals surface area (Å²) in [6.07, 6.45) is 9.36. The molecular weight excluding hydrogens is 442 g/mol. The van der Waals surface area contributed by atoms with Gasteiger partial charge < -0.3 is 20.3 Å². The molecule has 6 heteroatoms. The fourth-order valence-electron chi connectivity index (χ4n) is 9.82. The molecule has 4 aliphatic rings. The number of hydrogen-bond acceptors (Lipinski definition) is 5. The number of fused-ring (bicyclic) bond motifs is 5. The van der Waals surface area contributed by atoms with Crippen LogP contribution in [-0.2, 0) is 14.3 Å². The lowest BCUT2D eigenvalue weighted by Gasteiger charge is -2.64. The van der Waals surface area contributed by atoms with Crippen molar-refractivity contribution in [1.82, 2.24) is 5.32 Å². The Bertz CT molecular complexity index is 787. The SMILES string of the molecule is CC[C@@H]1C2C[C@H](O)CCC2(C)[C@H]2CCC3(C)C([C@H](C)CCC(=O)NCC(=O)OC)CC[C@H]3C2[C@@H]1O. The summed E-state index contributed by atoms with van der Waals surface area (Å²) in [6, 6.07) is 0. The van der Waals surface area contributed by atoms with Crippen molar-refractivity contribution in [2.24, 2.45) is 52.3 Å². The van der Waals surface area contributed by atoms with Gasteiger partial charge in [-0.3, -0.25) is 9.59 Å². The van der Waals surface area contributed by atoms with Gasteiger partial charge in [0.1, 0.15) is 6.54 Å². The average molecular weight is 492 g/mol. The van der Waals surface area contributed by atoms with E-state index in [9.17, 15) is 19.8 Å². The van der Waals surface area contributed by atoms with Gasteiger partial charge in [-0.05, 0) is 104 Å². The monoisotopic (exact) mass is 491 g/mol. The molecule has 4 fully saturated rings. The first kappa shape index (κ1) is 26.9. The molecule has 0 spiro atoms. The van der Waals surface area contributed by atoms with Crippen LogP contribution in [0, 0.1) is 52.3 Å². The number of hydrogen-bond donors (Lipinski definition) is 3. The van der Waals surface area contributed by atoms with Crippen LogP contribution in [0.4, 0.5) is 0 Å². The van der Waals surface area contributed by atoms with Crippen LogP contribution in [0.2, 0.25) is 0 Å². The summed E-state index contributed by atoms with van der Waals surface area (Å²) in [5, 5.41) is 25.0. The van der Waals surface area contributed by atoms with Crippen LogP contribution >= 0.6 is 0 Å². The van der Waals surface area contributed by atoms with E-state index in [0.717, 1.165) is 32.1 Å². The van der Waals surface area contributed by atoms with E-state index in [1.165, 1.54) is 32.8 Å². The molecule has 4 rings (SSSR count). The molecule has 35 heavy (non-hydrogen) atoms. The summed E-state index contributed by atoms with van der Waals surface area (Å²) in [5.74, 6) is 2.64. The number of methoxy groups -OCH3 is 1. The Hall–Kier alpha value is -1.14. The van der Waals surface area contributed by atoms with Crippen LogP contribution in [0.15, 0.2) is 0 Å². The number of aliphatic hydroxyl groups excluding tert-OH is 2. The van der Waals surface area contributed by atoms with Gasteiger partial charge in [0.15, 0.2) is 0 Å². The lowest BCUT2D eigenvalue weighted by molar-refractivity contribution is -0.203. The van der Waals surface area contributed by atoms with Crippen molar-refractivity contribution in [2.45, 2.75) is 104 Å². The summed E-state index contributed by atoms with van der Waals surface area (Å²) in [4.78, 5) is 23.6. The van der Waals surface area contributed by atoms with E-state index in [1.807, 2.05) is 0 Å². The Labute approximate surface area is 212 Å². The van der Waals surface area contributed by atoms with Crippen molar-refractivity contribution in [2.75, 3.05) is 13.7 Å². The van der Waals surface area contributed by atoms with E-state index in [4.69, 9.17) is 0 Å². The molecule has 4 aliphatic carbocycles. The molecule has 0 heterocycles. The molecule has 0 aromatic heterocycles. The minimum atomic E-state index is -0.422. The molecule has 3 N–H and O–H groups in total. The van der Waals surface area contributed by atoms with Gasteiger partial charge in [0, 0.05) is 6.42 Å². The maximum absolute atomic E-state index is 12.3. The molecule has 0 aromatic carbocycles. The molecular formula is C29H49NO5. The molecule has 5 unspecified atom stereocenters. The van der Waals surface area contributed by atoms with E-state index >= 15 is 0 Å². The second kappa shape index (κ2) is 10.3. The number of ether oxygens (including phenoxy) is 1. The van der Waals surface area contributed by atoms with Gasteiger partial charge in [0.25, 0.3) is 0 Å². The highest BCUT2D eigenvalue weighted by Gasteiger charge is 2.64. The summed E-state index contributed by atoms with van der Waals surface area (Å²) in [5.41, 5.74) is 0.437. The highest BCUT2D eigenvalue weighted by atomic mass is 16.5. The Kier molecular flexibility index (Phi) is 7.93. The lowest BCUT2D eigenvalue weighted by atomic mass is 9.41. The highest BCUT2D eigenvalue weighted by molar-refractivity contribution is 5.81. The predicted octanol–water partition coefficient (Wildman–Crippen LogP) is 4.32. The molecule has 11 atom stereocenters. The van der Waals surface area contributed by atoms with Gasteiger partial charge in [0.2, 0.25) is 5.91 Å². The van der Waals surface area contributed by atoms with Crippen LogP contribution in [-0.4, -0.2) is 48.0 Å². The molecule has 200 valence electrons. The zero-order chi connectivity index (χ0) is 25.5. The van der Waals surface area contributed by atoms with Gasteiger partial charge in [-0.25, -0.2) is 0 Å². The minimum Gasteiger partial charge on any atom is -0.468 e. The Morgan fingerprint density at radius 1 is 1.03 bits per heavy atom. The molecule has 0 saturated heterocycles. The third-order valence-electron chi connectivity index (χ3n) is 11.6. The normalized spacial score (nSPS) is 45.6. The van der Waals surface area contributed by atoms with Gasteiger partial charge >= 0.3 is 5.97 Å². The Morgan fingerprint density at radius 2 is 1.71 bits per heavy atom. The first-order valence-corrected chi connectivity index (χ1v) is 14.3. The zero-order valence-corrected chi connectivity index (χ0v) is 22.6. The van der Waals surface area contributed by atoms with Crippen molar-refractivity contribution >= 4 is 11.9 Å². The smallest absolute Gasteiger partial charge is 0.325 e. The average Bonchev–Trinajstić information content (AvgIpc) is 3.19. The van der Waals surface area contributed by atoms with Gasteiger partial charge in [-0.2, -0.15) is 0 Å². The van der Waals surface area contributed by atoms with Crippen LogP contribution in [0.5, 0.6) is 0 Å². The van der Waals surface area contributed by atoms with Crippen molar-refractivity contribution in [3.8, 4) is 0 Å². The maximum atomic E-state index is 12.3. The fourth-order valence-corrected chi connectivity index (χ4v) is 9.82. The third kappa shape index (κ3) is 4.67. The first-order valence-electron chi connectivity index (χ1n) is 14.3. The van der Waals surface area contributed by atoms with Gasteiger partial charge in [-0.15, -0.1) is 0 Å². The van der Waals surface area contributed by atoms with Crippen LogP contribution in [0.25, 0.3) is 0 Å². The molecule has 1 amide bonds. The Balaban J connectivity index is 1.47. The zero-order valence-electron chi connectivity index (χ0n) is 22.6. The lowest BCUT2D eigenvalue weighted by Crippen LogP contribution is -2.62. The molecule has 0 aromatic rings. The molecule has 0 aliphatic heterocycles. The maximum Gasteiger partial charge on any atom is 0.325 e. The minimum absolute atomic E-state index is 0.0662. The van der Waals surface area contributed by atoms with Crippen LogP contribution < -0.4 is 5.32 Å². The summed E-state index contributed by atoms with van der Waals surface area (Å²) in [6.45, 7) is 9.42. The largest absolute Gasteiger partial charge is 0.468 e. The van der Waals surface area contributed by atoms with E-state index in [2.05, 4.69) is 37.7 Å². The van der Waals surface area contributed by atoms with E-state index in [1.54, 1.807) is 0 Å².